The Morgan fingerprint density at radius 3 is 2.47 bits per heavy atom. The molecule has 3 fully saturated rings. The van der Waals surface area contributed by atoms with Crippen molar-refractivity contribution in [2.45, 2.75) is 103 Å². The van der Waals surface area contributed by atoms with Gasteiger partial charge < -0.3 is 20.6 Å². The SMILES string of the molecule is C[C@H](CNC(=O)C[C@](C)(O)C(F)(F)F)[C@H]1CC[C@H]2/C(=C/C=C3C[C@@H](O)C[C@H](O)C3)CCC[C@]12C. The molecule has 34 heavy (non-hydrogen) atoms. The van der Waals surface area contributed by atoms with E-state index in [2.05, 4.69) is 24.4 Å². The summed E-state index contributed by atoms with van der Waals surface area (Å²) in [5.41, 5.74) is -0.495. The Morgan fingerprint density at radius 1 is 1.21 bits per heavy atom. The number of carbonyl (C=O) groups excluding carboxylic acids is 1. The summed E-state index contributed by atoms with van der Waals surface area (Å²) < 4.78 is 38.6. The van der Waals surface area contributed by atoms with Gasteiger partial charge >= 0.3 is 6.18 Å². The first-order chi connectivity index (χ1) is 15.7. The number of aliphatic hydroxyl groups excluding tert-OH is 2. The molecule has 0 aromatic rings. The lowest BCUT2D eigenvalue weighted by molar-refractivity contribution is -0.253. The highest BCUT2D eigenvalue weighted by Crippen LogP contribution is 2.59. The number of hydrogen-bond donors (Lipinski definition) is 4. The van der Waals surface area contributed by atoms with E-state index in [1.54, 1.807) is 0 Å². The number of fused-ring (bicyclic) bond motifs is 1. The van der Waals surface area contributed by atoms with Crippen LogP contribution in [0.3, 0.4) is 0 Å². The van der Waals surface area contributed by atoms with Gasteiger partial charge in [0.15, 0.2) is 5.60 Å². The maximum absolute atomic E-state index is 12.9. The molecule has 3 aliphatic rings. The van der Waals surface area contributed by atoms with Gasteiger partial charge in [0, 0.05) is 6.54 Å². The number of nitrogens with one attached hydrogen (secondary N) is 1. The second-order valence-corrected chi connectivity index (χ2v) is 11.3. The van der Waals surface area contributed by atoms with Crippen LogP contribution in [0.2, 0.25) is 0 Å². The standard InChI is InChI=1S/C26H40F3NO4/c1-16(15-30-23(33)14-25(3,34)26(27,28)29)21-8-9-22-18(5-4-10-24(21,22)2)7-6-17-11-19(31)13-20(32)12-17/h6-7,16,19-22,31-32,34H,4-5,8-15H2,1-3H3,(H,30,33)/b18-7+/t16-,19-,20-,21-,22+,24-,25+/m1/s1. The Labute approximate surface area is 200 Å². The Morgan fingerprint density at radius 2 is 1.85 bits per heavy atom. The molecule has 0 aliphatic heterocycles. The van der Waals surface area contributed by atoms with Crippen molar-refractivity contribution in [3.63, 3.8) is 0 Å². The fraction of sp³-hybridized carbons (Fsp3) is 0.808. The van der Waals surface area contributed by atoms with E-state index in [1.807, 2.05) is 6.92 Å². The van der Waals surface area contributed by atoms with E-state index < -0.39 is 36.3 Å². The molecule has 0 radical (unpaired) electrons. The Hall–Kier alpha value is -1.38. The number of carbonyl (C=O) groups is 1. The predicted molar refractivity (Wildman–Crippen MR) is 124 cm³/mol. The molecular formula is C26H40F3NO4. The van der Waals surface area contributed by atoms with Gasteiger partial charge in [-0.15, -0.1) is 0 Å². The smallest absolute Gasteiger partial charge is 0.393 e. The lowest BCUT2D eigenvalue weighted by atomic mass is 9.61. The highest BCUT2D eigenvalue weighted by Gasteiger charge is 2.52. The van der Waals surface area contributed by atoms with Gasteiger partial charge in [0.25, 0.3) is 0 Å². The van der Waals surface area contributed by atoms with E-state index in [9.17, 15) is 33.3 Å². The first kappa shape index (κ1) is 27.2. The van der Waals surface area contributed by atoms with E-state index in [1.165, 1.54) is 5.57 Å². The van der Waals surface area contributed by atoms with Gasteiger partial charge in [-0.2, -0.15) is 13.2 Å². The number of rotatable bonds is 6. The summed E-state index contributed by atoms with van der Waals surface area (Å²) in [7, 11) is 0. The van der Waals surface area contributed by atoms with Crippen molar-refractivity contribution >= 4 is 5.91 Å². The van der Waals surface area contributed by atoms with E-state index in [0.29, 0.717) is 44.6 Å². The molecule has 0 aromatic carbocycles. The molecule has 3 rings (SSSR count). The van der Waals surface area contributed by atoms with Crippen LogP contribution in [0.25, 0.3) is 0 Å². The second kappa shape index (κ2) is 10.3. The predicted octanol–water partition coefficient (Wildman–Crippen LogP) is 4.42. The summed E-state index contributed by atoms with van der Waals surface area (Å²) in [5, 5.41) is 32.1. The maximum atomic E-state index is 12.9. The van der Waals surface area contributed by atoms with Crippen LogP contribution in [-0.2, 0) is 4.79 Å². The highest BCUT2D eigenvalue weighted by atomic mass is 19.4. The van der Waals surface area contributed by atoms with Crippen molar-refractivity contribution in [2.24, 2.45) is 23.2 Å². The Bertz CT molecular complexity index is 794. The third kappa shape index (κ3) is 6.05. The lowest BCUT2D eigenvalue weighted by Crippen LogP contribution is -2.47. The van der Waals surface area contributed by atoms with Gasteiger partial charge in [-0.05, 0) is 81.5 Å². The van der Waals surface area contributed by atoms with Crippen molar-refractivity contribution in [2.75, 3.05) is 6.54 Å². The maximum Gasteiger partial charge on any atom is 0.417 e. The van der Waals surface area contributed by atoms with Crippen molar-refractivity contribution in [3.05, 3.63) is 23.3 Å². The first-order valence-electron chi connectivity index (χ1n) is 12.5. The summed E-state index contributed by atoms with van der Waals surface area (Å²) in [5.74, 6) is 0.0824. The number of alkyl halides is 3. The van der Waals surface area contributed by atoms with Crippen molar-refractivity contribution in [1.82, 2.24) is 5.32 Å². The van der Waals surface area contributed by atoms with Crippen LogP contribution in [-0.4, -0.2) is 51.8 Å². The van der Waals surface area contributed by atoms with Crippen LogP contribution in [0.4, 0.5) is 13.2 Å². The minimum Gasteiger partial charge on any atom is -0.393 e. The fourth-order valence-corrected chi connectivity index (χ4v) is 6.64. The minimum absolute atomic E-state index is 0.0653. The van der Waals surface area contributed by atoms with Crippen LogP contribution < -0.4 is 5.32 Å². The van der Waals surface area contributed by atoms with Crippen LogP contribution in [0, 0.1) is 23.2 Å². The number of aliphatic hydroxyl groups is 3. The molecule has 0 saturated heterocycles. The summed E-state index contributed by atoms with van der Waals surface area (Å²) in [6.07, 6.45) is 4.29. The summed E-state index contributed by atoms with van der Waals surface area (Å²) in [6, 6.07) is 0. The van der Waals surface area contributed by atoms with Gasteiger partial charge in [-0.3, -0.25) is 4.79 Å². The number of allylic oxidation sites excluding steroid dienone is 3. The highest BCUT2D eigenvalue weighted by molar-refractivity contribution is 5.77. The Kier molecular flexibility index (Phi) is 8.25. The number of hydrogen-bond acceptors (Lipinski definition) is 4. The first-order valence-corrected chi connectivity index (χ1v) is 12.5. The third-order valence-corrected chi connectivity index (χ3v) is 8.53. The average molecular weight is 488 g/mol. The van der Waals surface area contributed by atoms with Crippen molar-refractivity contribution in [1.29, 1.82) is 0 Å². The molecule has 194 valence electrons. The van der Waals surface area contributed by atoms with Gasteiger partial charge in [0.1, 0.15) is 0 Å². The molecule has 3 aliphatic carbocycles. The lowest BCUT2D eigenvalue weighted by Gasteiger charge is -2.44. The molecule has 1 amide bonds. The zero-order chi connectivity index (χ0) is 25.3. The van der Waals surface area contributed by atoms with Gasteiger partial charge in [-0.1, -0.05) is 37.1 Å². The van der Waals surface area contributed by atoms with Crippen LogP contribution in [0.1, 0.15) is 78.6 Å². The van der Waals surface area contributed by atoms with Gasteiger partial charge in [0.05, 0.1) is 18.6 Å². The average Bonchev–Trinajstić information content (AvgIpc) is 3.06. The zero-order valence-corrected chi connectivity index (χ0v) is 20.5. The molecule has 0 spiro atoms. The largest absolute Gasteiger partial charge is 0.417 e. The van der Waals surface area contributed by atoms with Crippen LogP contribution in [0.5, 0.6) is 0 Å². The van der Waals surface area contributed by atoms with E-state index in [0.717, 1.165) is 37.7 Å². The molecule has 4 N–H and O–H groups in total. The third-order valence-electron chi connectivity index (χ3n) is 8.53. The monoisotopic (exact) mass is 487 g/mol. The summed E-state index contributed by atoms with van der Waals surface area (Å²) >= 11 is 0. The molecule has 5 nitrogen and oxygen atoms in total. The van der Waals surface area contributed by atoms with Crippen molar-refractivity contribution < 1.29 is 33.3 Å². The molecule has 0 aromatic heterocycles. The van der Waals surface area contributed by atoms with Gasteiger partial charge in [-0.25, -0.2) is 0 Å². The molecule has 3 saturated carbocycles. The quantitative estimate of drug-likeness (QED) is 0.447. The topological polar surface area (TPSA) is 89.8 Å². The number of amides is 1. The zero-order valence-electron chi connectivity index (χ0n) is 20.5. The fourth-order valence-electron chi connectivity index (χ4n) is 6.64. The molecule has 0 heterocycles. The van der Waals surface area contributed by atoms with E-state index in [-0.39, 0.29) is 11.3 Å². The van der Waals surface area contributed by atoms with Crippen LogP contribution in [0.15, 0.2) is 23.3 Å². The molecule has 8 heteroatoms. The minimum atomic E-state index is -4.85. The second-order valence-electron chi connectivity index (χ2n) is 11.3. The van der Waals surface area contributed by atoms with Crippen molar-refractivity contribution in [3.8, 4) is 0 Å². The summed E-state index contributed by atoms with van der Waals surface area (Å²) in [6.45, 7) is 5.26. The van der Waals surface area contributed by atoms with E-state index >= 15 is 0 Å². The molecule has 0 bridgehead atoms. The molecular weight excluding hydrogens is 447 g/mol. The van der Waals surface area contributed by atoms with Gasteiger partial charge in [0.2, 0.25) is 5.91 Å². The normalized spacial score (nSPS) is 36.0. The molecule has 7 atom stereocenters. The van der Waals surface area contributed by atoms with Crippen LogP contribution >= 0.6 is 0 Å². The number of halogens is 3. The Balaban J connectivity index is 1.62. The van der Waals surface area contributed by atoms with E-state index in [4.69, 9.17) is 0 Å². The molecule has 0 unspecified atom stereocenters. The summed E-state index contributed by atoms with van der Waals surface area (Å²) in [4.78, 5) is 12.1.